The molecule has 5 nitrogen and oxygen atoms in total. The number of alkyl halides is 3. The molecule has 0 amide bonds. The molecule has 104 valence electrons. The highest BCUT2D eigenvalue weighted by Crippen LogP contribution is 2.34. The summed E-state index contributed by atoms with van der Waals surface area (Å²) in [5, 5.41) is 15.9. The van der Waals surface area contributed by atoms with Gasteiger partial charge >= 0.3 is 12.1 Å². The number of carboxylic acids is 1. The van der Waals surface area contributed by atoms with Gasteiger partial charge in [-0.25, -0.2) is 4.79 Å². The fraction of sp³-hybridized carbons (Fsp3) is 0.545. The van der Waals surface area contributed by atoms with Crippen molar-refractivity contribution in [2.45, 2.75) is 19.0 Å². The molecule has 0 radical (unpaired) electrons. The lowest BCUT2D eigenvalue weighted by Crippen LogP contribution is -2.39. The lowest BCUT2D eigenvalue weighted by molar-refractivity contribution is -0.179. The zero-order chi connectivity index (χ0) is 14.0. The van der Waals surface area contributed by atoms with Crippen molar-refractivity contribution in [1.82, 2.24) is 10.2 Å². The Morgan fingerprint density at radius 2 is 1.89 bits per heavy atom. The lowest BCUT2D eigenvalue weighted by atomic mass is 9.96. The van der Waals surface area contributed by atoms with Crippen LogP contribution in [0.25, 0.3) is 0 Å². The second-order valence-corrected chi connectivity index (χ2v) is 4.38. The van der Waals surface area contributed by atoms with E-state index in [0.29, 0.717) is 5.82 Å². The number of hydrogen-bond donors (Lipinski definition) is 1. The minimum Gasteiger partial charge on any atom is -0.476 e. The smallest absolute Gasteiger partial charge is 0.391 e. The standard InChI is InChI=1S/C11H12F3N3O2/c12-11(13,14)7-3-5-17(6-4-7)9-2-1-8(10(18)19)15-16-9/h1-2,7H,3-6H2,(H,18,19). The van der Waals surface area contributed by atoms with Crippen molar-refractivity contribution in [2.75, 3.05) is 18.0 Å². The van der Waals surface area contributed by atoms with Gasteiger partial charge in [0.05, 0.1) is 5.92 Å². The molecule has 1 saturated heterocycles. The summed E-state index contributed by atoms with van der Waals surface area (Å²) < 4.78 is 37.5. The van der Waals surface area contributed by atoms with Crippen LogP contribution in [0.2, 0.25) is 0 Å². The van der Waals surface area contributed by atoms with Gasteiger partial charge < -0.3 is 10.0 Å². The maximum absolute atomic E-state index is 12.5. The summed E-state index contributed by atoms with van der Waals surface area (Å²) in [5.74, 6) is -2.05. The molecule has 0 aliphatic carbocycles. The molecular formula is C11H12F3N3O2. The van der Waals surface area contributed by atoms with Gasteiger partial charge in [0.15, 0.2) is 11.5 Å². The van der Waals surface area contributed by atoms with Gasteiger partial charge in [0.2, 0.25) is 0 Å². The average Bonchev–Trinajstić information content (AvgIpc) is 2.38. The van der Waals surface area contributed by atoms with E-state index < -0.39 is 18.1 Å². The number of aromatic nitrogens is 2. The Kier molecular flexibility index (Phi) is 3.59. The molecule has 1 fully saturated rings. The first-order valence-corrected chi connectivity index (χ1v) is 5.76. The van der Waals surface area contributed by atoms with Crippen molar-refractivity contribution >= 4 is 11.8 Å². The van der Waals surface area contributed by atoms with Crippen LogP contribution in [0.3, 0.4) is 0 Å². The number of rotatable bonds is 2. The van der Waals surface area contributed by atoms with Crippen molar-refractivity contribution in [3.63, 3.8) is 0 Å². The third kappa shape index (κ3) is 3.12. The second kappa shape index (κ2) is 5.02. The van der Waals surface area contributed by atoms with Gasteiger partial charge in [-0.15, -0.1) is 10.2 Å². The highest BCUT2D eigenvalue weighted by molar-refractivity contribution is 5.85. The molecule has 19 heavy (non-hydrogen) atoms. The van der Waals surface area contributed by atoms with E-state index in [1.807, 2.05) is 0 Å². The zero-order valence-corrected chi connectivity index (χ0v) is 9.89. The SMILES string of the molecule is O=C(O)c1ccc(N2CCC(C(F)(F)F)CC2)nn1. The minimum absolute atomic E-state index is 0.0197. The van der Waals surface area contributed by atoms with Crippen molar-refractivity contribution in [3.8, 4) is 0 Å². The normalized spacial score (nSPS) is 17.5. The van der Waals surface area contributed by atoms with Crippen LogP contribution in [0.4, 0.5) is 19.0 Å². The summed E-state index contributed by atoms with van der Waals surface area (Å²) >= 11 is 0. The predicted molar refractivity (Wildman–Crippen MR) is 60.0 cm³/mol. The first-order valence-electron chi connectivity index (χ1n) is 5.76. The van der Waals surface area contributed by atoms with Crippen LogP contribution in [0.5, 0.6) is 0 Å². The van der Waals surface area contributed by atoms with E-state index in [4.69, 9.17) is 5.11 Å². The third-order valence-corrected chi connectivity index (χ3v) is 3.15. The monoisotopic (exact) mass is 275 g/mol. The Labute approximate surface area is 107 Å². The van der Waals surface area contributed by atoms with E-state index in [9.17, 15) is 18.0 Å². The molecule has 0 spiro atoms. The van der Waals surface area contributed by atoms with Crippen LogP contribution in [0.15, 0.2) is 12.1 Å². The predicted octanol–water partition coefficient (Wildman–Crippen LogP) is 1.95. The Hall–Kier alpha value is -1.86. The van der Waals surface area contributed by atoms with Gasteiger partial charge in [-0.2, -0.15) is 13.2 Å². The molecule has 2 heterocycles. The maximum Gasteiger partial charge on any atom is 0.391 e. The first kappa shape index (κ1) is 13.6. The van der Waals surface area contributed by atoms with Gasteiger partial charge in [0.1, 0.15) is 0 Å². The zero-order valence-electron chi connectivity index (χ0n) is 9.89. The fourth-order valence-electron chi connectivity index (χ4n) is 2.04. The van der Waals surface area contributed by atoms with E-state index in [0.717, 1.165) is 0 Å². The van der Waals surface area contributed by atoms with E-state index in [-0.39, 0.29) is 31.6 Å². The molecule has 0 bridgehead atoms. The van der Waals surface area contributed by atoms with Crippen LogP contribution in [-0.2, 0) is 0 Å². The van der Waals surface area contributed by atoms with E-state index in [2.05, 4.69) is 10.2 Å². The average molecular weight is 275 g/mol. The topological polar surface area (TPSA) is 66.3 Å². The van der Waals surface area contributed by atoms with Crippen molar-refractivity contribution in [3.05, 3.63) is 17.8 Å². The van der Waals surface area contributed by atoms with E-state index in [1.54, 1.807) is 4.90 Å². The Morgan fingerprint density at radius 3 is 2.32 bits per heavy atom. The van der Waals surface area contributed by atoms with E-state index >= 15 is 0 Å². The number of halogens is 3. The Bertz CT molecular complexity index is 453. The number of hydrogen-bond acceptors (Lipinski definition) is 4. The molecule has 1 aliphatic heterocycles. The molecule has 0 aromatic carbocycles. The van der Waals surface area contributed by atoms with Crippen molar-refractivity contribution in [2.24, 2.45) is 5.92 Å². The molecule has 2 rings (SSSR count). The number of nitrogens with zero attached hydrogens (tertiary/aromatic N) is 3. The summed E-state index contributed by atoms with van der Waals surface area (Å²) in [4.78, 5) is 12.3. The molecule has 0 unspecified atom stereocenters. The van der Waals surface area contributed by atoms with Crippen LogP contribution in [0.1, 0.15) is 23.3 Å². The summed E-state index contributed by atoms with van der Waals surface area (Å²) in [6.45, 7) is 0.483. The van der Waals surface area contributed by atoms with Crippen LogP contribution < -0.4 is 4.90 Å². The number of anilines is 1. The van der Waals surface area contributed by atoms with Crippen LogP contribution in [-0.4, -0.2) is 40.5 Å². The summed E-state index contributed by atoms with van der Waals surface area (Å²) in [5.41, 5.74) is -0.186. The van der Waals surface area contributed by atoms with Crippen molar-refractivity contribution < 1.29 is 23.1 Å². The molecule has 1 aromatic rings. The van der Waals surface area contributed by atoms with E-state index in [1.165, 1.54) is 12.1 Å². The third-order valence-electron chi connectivity index (χ3n) is 3.15. The van der Waals surface area contributed by atoms with Gasteiger partial charge in [0.25, 0.3) is 0 Å². The molecule has 0 saturated carbocycles. The maximum atomic E-state index is 12.5. The largest absolute Gasteiger partial charge is 0.476 e. The number of piperidine rings is 1. The molecule has 1 aliphatic rings. The van der Waals surface area contributed by atoms with Crippen LogP contribution in [0, 0.1) is 5.92 Å². The number of aromatic carboxylic acids is 1. The molecule has 0 atom stereocenters. The van der Waals surface area contributed by atoms with Gasteiger partial charge in [-0.05, 0) is 25.0 Å². The summed E-state index contributed by atoms with van der Waals surface area (Å²) in [6.07, 6.45) is -4.11. The summed E-state index contributed by atoms with van der Waals surface area (Å²) in [6, 6.07) is 2.75. The number of carboxylic acid groups (broad SMARTS) is 1. The molecule has 8 heteroatoms. The van der Waals surface area contributed by atoms with Gasteiger partial charge in [-0.1, -0.05) is 0 Å². The fourth-order valence-corrected chi connectivity index (χ4v) is 2.04. The molecule has 1 N–H and O–H groups in total. The minimum atomic E-state index is -4.15. The van der Waals surface area contributed by atoms with Crippen LogP contribution >= 0.6 is 0 Å². The highest BCUT2D eigenvalue weighted by atomic mass is 19.4. The van der Waals surface area contributed by atoms with Gasteiger partial charge in [-0.3, -0.25) is 0 Å². The van der Waals surface area contributed by atoms with Crippen molar-refractivity contribution in [1.29, 1.82) is 0 Å². The quantitative estimate of drug-likeness (QED) is 0.893. The Morgan fingerprint density at radius 1 is 1.26 bits per heavy atom. The lowest BCUT2D eigenvalue weighted by Gasteiger charge is -2.33. The highest BCUT2D eigenvalue weighted by Gasteiger charge is 2.41. The molecular weight excluding hydrogens is 263 g/mol. The first-order chi connectivity index (χ1) is 8.88. The summed E-state index contributed by atoms with van der Waals surface area (Å²) in [7, 11) is 0. The number of carbonyl (C=O) groups is 1. The second-order valence-electron chi connectivity index (χ2n) is 4.38. The van der Waals surface area contributed by atoms with Gasteiger partial charge in [0, 0.05) is 13.1 Å². The Balaban J connectivity index is 2.00. The molecule has 1 aromatic heterocycles.